The Bertz CT molecular complexity index is 514. The number of hydrogen-bond donors (Lipinski definition) is 0. The molecule has 0 atom stereocenters. The third-order valence-corrected chi connectivity index (χ3v) is 4.17. The summed E-state index contributed by atoms with van der Waals surface area (Å²) in [6.45, 7) is 1.29. The van der Waals surface area contributed by atoms with E-state index in [1.807, 2.05) is 6.92 Å². The van der Waals surface area contributed by atoms with Gasteiger partial charge in [0.15, 0.2) is 0 Å². The zero-order valence-corrected chi connectivity index (χ0v) is 15.7. The minimum absolute atomic E-state index is 0.0116. The molecule has 0 aliphatic heterocycles. The van der Waals surface area contributed by atoms with Gasteiger partial charge in [0.25, 0.3) is 0 Å². The lowest BCUT2D eigenvalue weighted by molar-refractivity contribution is -0.440. The van der Waals surface area contributed by atoms with E-state index in [9.17, 15) is 57.1 Å². The van der Waals surface area contributed by atoms with Crippen LogP contribution in [0.25, 0.3) is 0 Å². The summed E-state index contributed by atoms with van der Waals surface area (Å²) in [5.74, 6) is -36.5. The third-order valence-electron chi connectivity index (χ3n) is 4.17. The van der Waals surface area contributed by atoms with E-state index in [2.05, 4.69) is 0 Å². The van der Waals surface area contributed by atoms with Crippen LogP contribution in [0.4, 0.5) is 57.1 Å². The summed E-state index contributed by atoms with van der Waals surface area (Å²) in [7, 11) is 0. The highest BCUT2D eigenvalue weighted by molar-refractivity contribution is 5.10. The fraction of sp³-hybridized carbons (Fsp3) is 1.00. The van der Waals surface area contributed by atoms with Crippen molar-refractivity contribution in [2.45, 2.75) is 87.7 Å². The molecule has 0 aliphatic rings. The van der Waals surface area contributed by atoms with E-state index >= 15 is 0 Å². The Kier molecular flexibility index (Phi) is 9.79. The van der Waals surface area contributed by atoms with Crippen LogP contribution in [-0.4, -0.2) is 49.0 Å². The largest absolute Gasteiger partial charge is 0.460 e. The molecule has 0 amide bonds. The minimum atomic E-state index is -7.85. The summed E-state index contributed by atoms with van der Waals surface area (Å²) in [5, 5.41) is 0. The van der Waals surface area contributed by atoms with Crippen LogP contribution in [0, 0.1) is 0 Å². The van der Waals surface area contributed by atoms with Gasteiger partial charge < -0.3 is 4.74 Å². The maximum Gasteiger partial charge on any atom is 0.460 e. The van der Waals surface area contributed by atoms with Crippen LogP contribution in [0.1, 0.15) is 51.9 Å². The first-order valence-electron chi connectivity index (χ1n) is 8.84. The van der Waals surface area contributed by atoms with Crippen LogP contribution in [0.15, 0.2) is 0 Å². The van der Waals surface area contributed by atoms with Gasteiger partial charge >= 0.3 is 35.8 Å². The second kappa shape index (κ2) is 10.1. The number of alkyl halides is 13. The summed E-state index contributed by atoms with van der Waals surface area (Å²) in [6, 6.07) is 0. The maximum absolute atomic E-state index is 13.5. The van der Waals surface area contributed by atoms with Crippen molar-refractivity contribution in [3.63, 3.8) is 0 Å². The van der Waals surface area contributed by atoms with Crippen molar-refractivity contribution in [1.82, 2.24) is 0 Å². The lowest BCUT2D eigenvalue weighted by atomic mass is 9.92. The lowest BCUT2D eigenvalue weighted by Crippen LogP contribution is -2.70. The van der Waals surface area contributed by atoms with Gasteiger partial charge in [-0.25, -0.2) is 0 Å². The molecule has 30 heavy (non-hydrogen) atoms. The van der Waals surface area contributed by atoms with Crippen LogP contribution in [-0.2, 0) is 4.74 Å². The third kappa shape index (κ3) is 5.84. The molecule has 0 fully saturated rings. The zero-order valence-electron chi connectivity index (χ0n) is 15.7. The predicted molar refractivity (Wildman–Crippen MR) is 79.6 cm³/mol. The van der Waals surface area contributed by atoms with Crippen LogP contribution >= 0.6 is 0 Å². The van der Waals surface area contributed by atoms with E-state index in [0.29, 0.717) is 12.8 Å². The summed E-state index contributed by atoms with van der Waals surface area (Å²) >= 11 is 0. The van der Waals surface area contributed by atoms with Crippen molar-refractivity contribution >= 4 is 0 Å². The van der Waals surface area contributed by atoms with Gasteiger partial charge in [0.05, 0.1) is 0 Å². The first-order chi connectivity index (χ1) is 13.3. The maximum atomic E-state index is 13.5. The second-order valence-electron chi connectivity index (χ2n) is 6.63. The zero-order chi connectivity index (χ0) is 24.1. The molecule has 0 aromatic carbocycles. The molecule has 14 heteroatoms. The molecule has 0 heterocycles. The Labute approximate surface area is 163 Å². The van der Waals surface area contributed by atoms with E-state index in [4.69, 9.17) is 4.74 Å². The Morgan fingerprint density at radius 3 is 1.40 bits per heavy atom. The van der Waals surface area contributed by atoms with E-state index in [0.717, 1.165) is 19.3 Å². The van der Waals surface area contributed by atoms with Gasteiger partial charge in [-0.15, -0.1) is 0 Å². The average Bonchev–Trinajstić information content (AvgIpc) is 2.58. The average molecular weight is 476 g/mol. The van der Waals surface area contributed by atoms with Crippen molar-refractivity contribution in [1.29, 1.82) is 0 Å². The summed E-state index contributed by atoms with van der Waals surface area (Å²) < 4.78 is 172. The summed E-state index contributed by atoms with van der Waals surface area (Å²) in [6.07, 6.45) is -6.78. The van der Waals surface area contributed by atoms with Gasteiger partial charge in [-0.2, -0.15) is 57.1 Å². The van der Waals surface area contributed by atoms with Gasteiger partial charge in [0, 0.05) is 19.6 Å². The quantitative estimate of drug-likeness (QED) is 0.186. The van der Waals surface area contributed by atoms with E-state index in [1.165, 1.54) is 0 Å². The molecule has 0 saturated carbocycles. The summed E-state index contributed by atoms with van der Waals surface area (Å²) in [5.41, 5.74) is 0. The normalized spacial score (nSPS) is 15.0. The first-order valence-corrected chi connectivity index (χ1v) is 8.84. The Balaban J connectivity index is 5.08. The fourth-order valence-electron chi connectivity index (χ4n) is 2.27. The number of ether oxygens (including phenoxy) is 1. The highest BCUT2D eigenvalue weighted by Gasteiger charge is 2.90. The number of rotatable bonds is 14. The molecule has 0 aromatic rings. The highest BCUT2D eigenvalue weighted by atomic mass is 19.4. The monoisotopic (exact) mass is 476 g/mol. The van der Waals surface area contributed by atoms with Gasteiger partial charge in [-0.3, -0.25) is 0 Å². The van der Waals surface area contributed by atoms with Gasteiger partial charge in [0.2, 0.25) is 0 Å². The Hall–Kier alpha value is -0.950. The number of hydrogen-bond acceptors (Lipinski definition) is 1. The molecule has 0 spiro atoms. The molecule has 182 valence electrons. The topological polar surface area (TPSA) is 9.23 Å². The first kappa shape index (κ1) is 29.1. The standard InChI is InChI=1S/C16H21F13O/c1-2-3-4-5-6-9-30-10-7-8-11(17,18)12(19,20)13(21,22)14(23,24)15(25,26)16(27,28)29/h2-10H2,1H3. The molecule has 0 aliphatic carbocycles. The van der Waals surface area contributed by atoms with E-state index in [-0.39, 0.29) is 6.61 Å². The fourth-order valence-corrected chi connectivity index (χ4v) is 2.27. The molecular weight excluding hydrogens is 455 g/mol. The molecule has 0 N–H and O–H groups in total. The van der Waals surface area contributed by atoms with Crippen LogP contribution < -0.4 is 0 Å². The smallest absolute Gasteiger partial charge is 0.381 e. The summed E-state index contributed by atoms with van der Waals surface area (Å²) in [4.78, 5) is 0. The number of halogens is 13. The molecule has 0 aromatic heterocycles. The Morgan fingerprint density at radius 2 is 0.933 bits per heavy atom. The molecule has 0 bridgehead atoms. The van der Waals surface area contributed by atoms with Crippen LogP contribution in [0.2, 0.25) is 0 Å². The van der Waals surface area contributed by atoms with E-state index in [1.54, 1.807) is 0 Å². The van der Waals surface area contributed by atoms with Crippen molar-refractivity contribution in [3.8, 4) is 0 Å². The molecular formula is C16H21F13O. The molecule has 0 unspecified atom stereocenters. The van der Waals surface area contributed by atoms with Crippen LogP contribution in [0.5, 0.6) is 0 Å². The highest BCUT2D eigenvalue weighted by Crippen LogP contribution is 2.60. The second-order valence-corrected chi connectivity index (χ2v) is 6.63. The van der Waals surface area contributed by atoms with Gasteiger partial charge in [-0.1, -0.05) is 32.6 Å². The van der Waals surface area contributed by atoms with E-state index < -0.39 is 55.2 Å². The van der Waals surface area contributed by atoms with Crippen molar-refractivity contribution in [3.05, 3.63) is 0 Å². The SMILES string of the molecule is CCCCCCCOCCCC(F)(F)C(F)(F)C(F)(F)C(F)(F)C(F)(F)C(F)(F)F. The Morgan fingerprint density at radius 1 is 0.500 bits per heavy atom. The van der Waals surface area contributed by atoms with Crippen molar-refractivity contribution in [2.75, 3.05) is 13.2 Å². The van der Waals surface area contributed by atoms with Crippen molar-refractivity contribution < 1.29 is 61.8 Å². The molecule has 1 nitrogen and oxygen atoms in total. The molecule has 0 saturated heterocycles. The molecule has 0 radical (unpaired) electrons. The predicted octanol–water partition coefficient (Wildman–Crippen LogP) is 7.49. The number of unbranched alkanes of at least 4 members (excludes halogenated alkanes) is 4. The lowest BCUT2D eigenvalue weighted by Gasteiger charge is -2.39. The molecule has 0 rings (SSSR count). The van der Waals surface area contributed by atoms with Crippen LogP contribution in [0.3, 0.4) is 0 Å². The van der Waals surface area contributed by atoms with Gasteiger partial charge in [0.1, 0.15) is 0 Å². The minimum Gasteiger partial charge on any atom is -0.381 e. The van der Waals surface area contributed by atoms with Crippen molar-refractivity contribution in [2.24, 2.45) is 0 Å². The van der Waals surface area contributed by atoms with Gasteiger partial charge in [-0.05, 0) is 12.8 Å².